The van der Waals surface area contributed by atoms with Crippen LogP contribution in [0, 0.1) is 25.5 Å². The summed E-state index contributed by atoms with van der Waals surface area (Å²) in [7, 11) is 0. The lowest BCUT2D eigenvalue weighted by molar-refractivity contribution is 0.101. The number of nitrogens with two attached hydrogens (primary N) is 1. The van der Waals surface area contributed by atoms with Gasteiger partial charge in [-0.05, 0) is 37.6 Å². The Morgan fingerprint density at radius 2 is 1.85 bits per heavy atom. The highest BCUT2D eigenvalue weighted by molar-refractivity contribution is 6.05. The number of nitrogens with one attached hydrogen (secondary N) is 1. The molecule has 2 aromatic carbocycles. The summed E-state index contributed by atoms with van der Waals surface area (Å²) in [5.41, 5.74) is 6.75. The first-order valence-electron chi connectivity index (χ1n) is 6.02. The molecule has 2 rings (SSSR count). The molecule has 0 unspecified atom stereocenters. The second kappa shape index (κ2) is 5.28. The summed E-state index contributed by atoms with van der Waals surface area (Å²) < 4.78 is 27.3. The molecule has 0 saturated carbocycles. The summed E-state index contributed by atoms with van der Waals surface area (Å²) in [6.45, 7) is 3.71. The molecule has 1 amide bonds. The third-order valence-corrected chi connectivity index (χ3v) is 2.98. The van der Waals surface area contributed by atoms with Crippen molar-refractivity contribution in [2.75, 3.05) is 11.1 Å². The number of benzene rings is 2. The monoisotopic (exact) mass is 276 g/mol. The molecule has 3 nitrogen and oxygen atoms in total. The van der Waals surface area contributed by atoms with Crippen LogP contribution in [0.1, 0.15) is 21.5 Å². The molecule has 104 valence electrons. The van der Waals surface area contributed by atoms with Gasteiger partial charge < -0.3 is 11.1 Å². The Morgan fingerprint density at radius 3 is 2.50 bits per heavy atom. The zero-order chi connectivity index (χ0) is 14.9. The first-order valence-corrected chi connectivity index (χ1v) is 6.02. The van der Waals surface area contributed by atoms with Crippen LogP contribution in [-0.2, 0) is 0 Å². The maximum atomic E-state index is 13.8. The van der Waals surface area contributed by atoms with Crippen molar-refractivity contribution in [1.29, 1.82) is 0 Å². The quantitative estimate of drug-likeness (QED) is 0.826. The van der Waals surface area contributed by atoms with E-state index in [1.165, 1.54) is 0 Å². The fourth-order valence-electron chi connectivity index (χ4n) is 1.92. The summed E-state index contributed by atoms with van der Waals surface area (Å²) in [5, 5.41) is 2.49. The van der Waals surface area contributed by atoms with Gasteiger partial charge in [0.05, 0.1) is 5.69 Å². The van der Waals surface area contributed by atoms with E-state index >= 15 is 0 Å². The topological polar surface area (TPSA) is 55.1 Å². The summed E-state index contributed by atoms with van der Waals surface area (Å²) in [6, 6.07) is 7.40. The molecule has 0 aromatic heterocycles. The number of aryl methyl sites for hydroxylation is 2. The van der Waals surface area contributed by atoms with Crippen LogP contribution in [0.4, 0.5) is 20.2 Å². The lowest BCUT2D eigenvalue weighted by Crippen LogP contribution is -2.17. The van der Waals surface area contributed by atoms with E-state index in [-0.39, 0.29) is 5.69 Å². The molecule has 0 aliphatic rings. The standard InChI is InChI=1S/C15H14F2N2O/c1-8-3-6-12(9(2)7-8)19-15(20)13-10(16)4-5-11(18)14(13)17/h3-7H,18H2,1-2H3,(H,19,20). The fourth-order valence-corrected chi connectivity index (χ4v) is 1.92. The number of carbonyl (C=O) groups excluding carboxylic acids is 1. The first kappa shape index (κ1) is 14.0. The van der Waals surface area contributed by atoms with Gasteiger partial charge in [0.15, 0.2) is 5.82 Å². The molecule has 0 saturated heterocycles. The Hall–Kier alpha value is -2.43. The normalized spacial score (nSPS) is 10.4. The summed E-state index contributed by atoms with van der Waals surface area (Å²) in [6.07, 6.45) is 0. The average molecular weight is 276 g/mol. The molecule has 0 spiro atoms. The lowest BCUT2D eigenvalue weighted by atomic mass is 10.1. The van der Waals surface area contributed by atoms with Gasteiger partial charge in [-0.15, -0.1) is 0 Å². The van der Waals surface area contributed by atoms with Crippen LogP contribution in [0.2, 0.25) is 0 Å². The Labute approximate surface area is 115 Å². The Kier molecular flexibility index (Phi) is 3.70. The molecule has 0 radical (unpaired) electrons. The van der Waals surface area contributed by atoms with E-state index in [4.69, 9.17) is 5.73 Å². The molecule has 0 fully saturated rings. The minimum absolute atomic E-state index is 0.267. The molecule has 0 heterocycles. The fraction of sp³-hybridized carbons (Fsp3) is 0.133. The molecule has 0 atom stereocenters. The van der Waals surface area contributed by atoms with E-state index in [1.54, 1.807) is 19.1 Å². The van der Waals surface area contributed by atoms with Gasteiger partial charge in [0.25, 0.3) is 5.91 Å². The van der Waals surface area contributed by atoms with Gasteiger partial charge in [-0.3, -0.25) is 4.79 Å². The lowest BCUT2D eigenvalue weighted by Gasteiger charge is -2.11. The van der Waals surface area contributed by atoms with E-state index in [0.717, 1.165) is 23.3 Å². The van der Waals surface area contributed by atoms with Crippen LogP contribution in [0.15, 0.2) is 30.3 Å². The summed E-state index contributed by atoms with van der Waals surface area (Å²) in [4.78, 5) is 12.0. The number of anilines is 2. The minimum atomic E-state index is -1.05. The van der Waals surface area contributed by atoms with Gasteiger partial charge in [-0.1, -0.05) is 17.7 Å². The van der Waals surface area contributed by atoms with Gasteiger partial charge in [0.1, 0.15) is 11.4 Å². The molecular weight excluding hydrogens is 262 g/mol. The molecule has 0 aliphatic carbocycles. The van der Waals surface area contributed by atoms with E-state index < -0.39 is 23.1 Å². The number of rotatable bonds is 2. The number of amides is 1. The van der Waals surface area contributed by atoms with Crippen molar-refractivity contribution in [3.8, 4) is 0 Å². The Balaban J connectivity index is 2.36. The summed E-state index contributed by atoms with van der Waals surface area (Å²) in [5.74, 6) is -2.86. The smallest absolute Gasteiger partial charge is 0.261 e. The predicted molar refractivity (Wildman–Crippen MR) is 74.6 cm³/mol. The van der Waals surface area contributed by atoms with E-state index in [0.29, 0.717) is 5.69 Å². The third-order valence-electron chi connectivity index (χ3n) is 2.98. The van der Waals surface area contributed by atoms with Crippen LogP contribution >= 0.6 is 0 Å². The highest BCUT2D eigenvalue weighted by Gasteiger charge is 2.20. The van der Waals surface area contributed by atoms with E-state index in [2.05, 4.69) is 5.32 Å². The molecule has 2 aromatic rings. The third kappa shape index (κ3) is 2.61. The largest absolute Gasteiger partial charge is 0.396 e. The highest BCUT2D eigenvalue weighted by Crippen LogP contribution is 2.22. The maximum Gasteiger partial charge on any atom is 0.261 e. The van der Waals surface area contributed by atoms with Crippen LogP contribution in [0.25, 0.3) is 0 Å². The highest BCUT2D eigenvalue weighted by atomic mass is 19.1. The van der Waals surface area contributed by atoms with E-state index in [9.17, 15) is 13.6 Å². The van der Waals surface area contributed by atoms with Gasteiger partial charge in [0, 0.05) is 5.69 Å². The molecule has 0 bridgehead atoms. The average Bonchev–Trinajstić information content (AvgIpc) is 2.38. The van der Waals surface area contributed by atoms with Crippen LogP contribution in [0.3, 0.4) is 0 Å². The molecule has 0 aliphatic heterocycles. The summed E-state index contributed by atoms with van der Waals surface area (Å²) >= 11 is 0. The Morgan fingerprint density at radius 1 is 1.15 bits per heavy atom. The predicted octanol–water partition coefficient (Wildman–Crippen LogP) is 3.42. The molecule has 3 N–H and O–H groups in total. The zero-order valence-electron chi connectivity index (χ0n) is 11.1. The Bertz CT molecular complexity index is 684. The minimum Gasteiger partial charge on any atom is -0.396 e. The first-order chi connectivity index (χ1) is 9.40. The number of carbonyl (C=O) groups is 1. The molecule has 20 heavy (non-hydrogen) atoms. The van der Waals surface area contributed by atoms with Crippen LogP contribution in [0.5, 0.6) is 0 Å². The molecular formula is C15H14F2N2O. The zero-order valence-corrected chi connectivity index (χ0v) is 11.1. The van der Waals surface area contributed by atoms with Crippen molar-refractivity contribution in [1.82, 2.24) is 0 Å². The number of nitrogen functional groups attached to an aromatic ring is 1. The van der Waals surface area contributed by atoms with Gasteiger partial charge in [-0.2, -0.15) is 0 Å². The number of halogens is 2. The van der Waals surface area contributed by atoms with Crippen molar-refractivity contribution >= 4 is 17.3 Å². The number of hydrogen-bond acceptors (Lipinski definition) is 2. The van der Waals surface area contributed by atoms with Gasteiger partial charge >= 0.3 is 0 Å². The van der Waals surface area contributed by atoms with Gasteiger partial charge in [0.2, 0.25) is 0 Å². The van der Waals surface area contributed by atoms with E-state index in [1.807, 2.05) is 13.0 Å². The second-order valence-electron chi connectivity index (χ2n) is 4.60. The van der Waals surface area contributed by atoms with Crippen molar-refractivity contribution < 1.29 is 13.6 Å². The second-order valence-corrected chi connectivity index (χ2v) is 4.60. The van der Waals surface area contributed by atoms with Gasteiger partial charge in [-0.25, -0.2) is 8.78 Å². The maximum absolute atomic E-state index is 13.8. The SMILES string of the molecule is Cc1ccc(NC(=O)c2c(F)ccc(N)c2F)c(C)c1. The van der Waals surface area contributed by atoms with Crippen LogP contribution in [-0.4, -0.2) is 5.91 Å². The van der Waals surface area contributed by atoms with Crippen molar-refractivity contribution in [2.24, 2.45) is 0 Å². The van der Waals surface area contributed by atoms with Crippen molar-refractivity contribution in [3.05, 3.63) is 58.7 Å². The van der Waals surface area contributed by atoms with Crippen molar-refractivity contribution in [2.45, 2.75) is 13.8 Å². The van der Waals surface area contributed by atoms with Crippen LogP contribution < -0.4 is 11.1 Å². The number of hydrogen-bond donors (Lipinski definition) is 2. The van der Waals surface area contributed by atoms with Crippen molar-refractivity contribution in [3.63, 3.8) is 0 Å². The molecule has 5 heteroatoms.